The van der Waals surface area contributed by atoms with Crippen LogP contribution in [-0.4, -0.2) is 80.3 Å². The Balaban J connectivity index is 0.000000334. The molecule has 0 aliphatic carbocycles. The highest BCUT2D eigenvalue weighted by atomic mass is 16.4. The summed E-state index contributed by atoms with van der Waals surface area (Å²) in [6, 6.07) is 30.5. The van der Waals surface area contributed by atoms with E-state index in [0.29, 0.717) is 24.3 Å². The fourth-order valence-corrected chi connectivity index (χ4v) is 4.17. The van der Waals surface area contributed by atoms with E-state index in [-0.39, 0.29) is 0 Å². The summed E-state index contributed by atoms with van der Waals surface area (Å²) in [5.41, 5.74) is 5.73. The highest BCUT2D eigenvalue weighted by Crippen LogP contribution is 2.18. The maximum absolute atomic E-state index is 9.55. The van der Waals surface area contributed by atoms with Crippen LogP contribution in [0.15, 0.2) is 109 Å². The summed E-state index contributed by atoms with van der Waals surface area (Å²) >= 11 is 0. The van der Waals surface area contributed by atoms with Crippen LogP contribution in [0.3, 0.4) is 0 Å². The van der Waals surface area contributed by atoms with Crippen molar-refractivity contribution in [3.05, 3.63) is 131 Å². The fourth-order valence-electron chi connectivity index (χ4n) is 4.17. The van der Waals surface area contributed by atoms with Crippen molar-refractivity contribution in [3.8, 4) is 0 Å². The molecule has 1 saturated heterocycles. The Hall–Kier alpha value is -5.06. The Morgan fingerprint density at radius 3 is 1.26 bits per heavy atom. The minimum absolute atomic E-state index is 0.558. The van der Waals surface area contributed by atoms with Gasteiger partial charge in [0.1, 0.15) is 0 Å². The Morgan fingerprint density at radius 2 is 0.837 bits per heavy atom. The molecule has 0 spiro atoms. The van der Waals surface area contributed by atoms with Gasteiger partial charge in [-0.05, 0) is 28.7 Å². The van der Waals surface area contributed by atoms with Crippen molar-refractivity contribution in [2.45, 2.75) is 19.5 Å². The molecule has 0 unspecified atom stereocenters. The van der Waals surface area contributed by atoms with Gasteiger partial charge in [0.05, 0.1) is 0 Å². The van der Waals surface area contributed by atoms with E-state index in [1.54, 1.807) is 0 Å². The number of carboxylic acid groups (broad SMARTS) is 4. The zero-order valence-electron chi connectivity index (χ0n) is 23.7. The second-order valence-electron chi connectivity index (χ2n) is 9.49. The van der Waals surface area contributed by atoms with E-state index >= 15 is 0 Å². The van der Waals surface area contributed by atoms with Gasteiger partial charge in [0, 0.05) is 63.6 Å². The predicted octanol–water partition coefficient (Wildman–Crippen LogP) is 4.02. The molecule has 1 heterocycles. The molecule has 1 fully saturated rings. The van der Waals surface area contributed by atoms with Crippen LogP contribution < -0.4 is 0 Å². The van der Waals surface area contributed by atoms with Gasteiger partial charge in [0.25, 0.3) is 0 Å². The number of carboxylic acids is 4. The minimum Gasteiger partial charge on any atom is -0.478 e. The molecule has 0 bridgehead atoms. The lowest BCUT2D eigenvalue weighted by Crippen LogP contribution is -2.45. The van der Waals surface area contributed by atoms with Gasteiger partial charge in [-0.15, -0.1) is 0 Å². The number of piperazine rings is 1. The number of hydrogen-bond donors (Lipinski definition) is 4. The first-order valence-corrected chi connectivity index (χ1v) is 13.5. The predicted molar refractivity (Wildman–Crippen MR) is 162 cm³/mol. The van der Waals surface area contributed by atoms with E-state index in [1.807, 2.05) is 0 Å². The number of nitrogens with zero attached hydrogens (tertiary/aromatic N) is 2. The summed E-state index contributed by atoms with van der Waals surface area (Å²) in [6.07, 6.45) is 3.25. The van der Waals surface area contributed by atoms with E-state index in [2.05, 4.69) is 94.7 Å². The molecule has 3 aromatic rings. The van der Waals surface area contributed by atoms with Crippen molar-refractivity contribution >= 4 is 23.9 Å². The van der Waals surface area contributed by atoms with Gasteiger partial charge in [-0.3, -0.25) is 9.80 Å². The van der Waals surface area contributed by atoms with Crippen LogP contribution in [0.1, 0.15) is 22.3 Å². The number of benzene rings is 3. The summed E-state index contributed by atoms with van der Waals surface area (Å²) in [5, 5.41) is 31.2. The van der Waals surface area contributed by atoms with Crippen molar-refractivity contribution in [2.24, 2.45) is 0 Å². The second-order valence-corrected chi connectivity index (χ2v) is 9.49. The third-order valence-corrected chi connectivity index (χ3v) is 6.20. The second kappa shape index (κ2) is 19.1. The highest BCUT2D eigenvalue weighted by molar-refractivity contribution is 5.90. The first-order valence-electron chi connectivity index (χ1n) is 13.5. The first kappa shape index (κ1) is 34.1. The van der Waals surface area contributed by atoms with Crippen LogP contribution in [0.4, 0.5) is 0 Å². The number of carbonyl (C=O) groups is 4. The topological polar surface area (TPSA) is 156 Å². The first-order chi connectivity index (χ1) is 20.6. The van der Waals surface area contributed by atoms with E-state index in [1.165, 1.54) is 22.3 Å². The standard InChI is InChI=1S/C25H28N2.2C4H4O4/c1-3-9-22(10-4-1)19-24-13-7-8-14-25(24)21-27-17-15-26(16-18-27)20-23-11-5-2-6-12-23;2*5-3(6)1-2-4(7)8/h1-14H,15-21H2;2*1-2H,(H,5,6)(H,7,8)/b;2*2-1+. The van der Waals surface area contributed by atoms with E-state index < -0.39 is 23.9 Å². The Morgan fingerprint density at radius 1 is 0.488 bits per heavy atom. The van der Waals surface area contributed by atoms with E-state index in [0.717, 1.165) is 45.7 Å². The normalized spacial score (nSPS) is 13.4. The molecule has 4 N–H and O–H groups in total. The van der Waals surface area contributed by atoms with E-state index in [4.69, 9.17) is 20.4 Å². The maximum Gasteiger partial charge on any atom is 0.328 e. The largest absolute Gasteiger partial charge is 0.478 e. The fraction of sp³-hybridized carbons (Fsp3) is 0.212. The maximum atomic E-state index is 9.55. The summed E-state index contributed by atoms with van der Waals surface area (Å²) in [7, 11) is 0. The van der Waals surface area contributed by atoms with Crippen LogP contribution in [-0.2, 0) is 38.7 Å². The summed E-state index contributed by atoms with van der Waals surface area (Å²) in [6.45, 7) is 6.71. The van der Waals surface area contributed by atoms with Crippen LogP contribution in [0, 0.1) is 0 Å². The molecular weight excluding hydrogens is 552 g/mol. The molecule has 43 heavy (non-hydrogen) atoms. The molecule has 10 heteroatoms. The Bertz CT molecular complexity index is 1300. The molecule has 0 atom stereocenters. The quantitative estimate of drug-likeness (QED) is 0.255. The number of hydrogen-bond acceptors (Lipinski definition) is 6. The van der Waals surface area contributed by atoms with Crippen molar-refractivity contribution in [1.82, 2.24) is 9.80 Å². The Kier molecular flexibility index (Phi) is 15.2. The van der Waals surface area contributed by atoms with Gasteiger partial charge in [-0.1, -0.05) is 84.9 Å². The smallest absolute Gasteiger partial charge is 0.328 e. The molecule has 226 valence electrons. The lowest BCUT2D eigenvalue weighted by atomic mass is 9.99. The van der Waals surface area contributed by atoms with Gasteiger partial charge < -0.3 is 20.4 Å². The van der Waals surface area contributed by atoms with Crippen LogP contribution in [0.25, 0.3) is 0 Å². The van der Waals surface area contributed by atoms with Crippen LogP contribution in [0.5, 0.6) is 0 Å². The third kappa shape index (κ3) is 15.5. The summed E-state index contributed by atoms with van der Waals surface area (Å²) < 4.78 is 0. The molecule has 0 radical (unpaired) electrons. The van der Waals surface area contributed by atoms with Crippen molar-refractivity contribution in [1.29, 1.82) is 0 Å². The average molecular weight is 589 g/mol. The van der Waals surface area contributed by atoms with Gasteiger partial charge in [-0.25, -0.2) is 19.2 Å². The van der Waals surface area contributed by atoms with Crippen molar-refractivity contribution in [3.63, 3.8) is 0 Å². The van der Waals surface area contributed by atoms with Gasteiger partial charge >= 0.3 is 23.9 Å². The molecule has 0 amide bonds. The van der Waals surface area contributed by atoms with Crippen LogP contribution in [0.2, 0.25) is 0 Å². The molecule has 1 aliphatic rings. The molecule has 10 nitrogen and oxygen atoms in total. The van der Waals surface area contributed by atoms with Crippen molar-refractivity contribution < 1.29 is 39.6 Å². The van der Waals surface area contributed by atoms with E-state index in [9.17, 15) is 19.2 Å². The van der Waals surface area contributed by atoms with Crippen LogP contribution >= 0.6 is 0 Å². The number of aliphatic carboxylic acids is 4. The molecule has 0 aromatic heterocycles. The SMILES string of the molecule is O=C(O)/C=C/C(=O)O.O=C(O)/C=C/C(=O)O.c1ccc(Cc2ccccc2CN2CCN(Cc3ccccc3)CC2)cc1. The summed E-state index contributed by atoms with van der Waals surface area (Å²) in [5.74, 6) is -5.03. The Labute approximate surface area is 250 Å². The monoisotopic (exact) mass is 588 g/mol. The molecular formula is C33H36N2O8. The zero-order valence-corrected chi connectivity index (χ0v) is 23.7. The van der Waals surface area contributed by atoms with Gasteiger partial charge in [0.15, 0.2) is 0 Å². The highest BCUT2D eigenvalue weighted by Gasteiger charge is 2.18. The van der Waals surface area contributed by atoms with Gasteiger partial charge in [0.2, 0.25) is 0 Å². The third-order valence-electron chi connectivity index (χ3n) is 6.20. The van der Waals surface area contributed by atoms with Crippen molar-refractivity contribution in [2.75, 3.05) is 26.2 Å². The molecule has 4 rings (SSSR count). The average Bonchev–Trinajstić information content (AvgIpc) is 2.99. The summed E-state index contributed by atoms with van der Waals surface area (Å²) in [4.78, 5) is 43.4. The minimum atomic E-state index is -1.26. The van der Waals surface area contributed by atoms with Gasteiger partial charge in [-0.2, -0.15) is 0 Å². The zero-order chi connectivity index (χ0) is 31.5. The molecule has 0 saturated carbocycles. The molecule has 3 aromatic carbocycles. The molecule has 1 aliphatic heterocycles. The lowest BCUT2D eigenvalue weighted by Gasteiger charge is -2.35. The lowest BCUT2D eigenvalue weighted by molar-refractivity contribution is -0.134. The number of rotatable bonds is 10.